The van der Waals surface area contributed by atoms with Gasteiger partial charge in [0.1, 0.15) is 22.7 Å². The lowest BCUT2D eigenvalue weighted by Crippen LogP contribution is -1.97. The van der Waals surface area contributed by atoms with Crippen LogP contribution in [0, 0.1) is 0 Å². The Bertz CT molecular complexity index is 3810. The van der Waals surface area contributed by atoms with Crippen LogP contribution in [0.5, 0.6) is 11.5 Å². The largest absolute Gasteiger partial charge is 0.457 e. The first-order valence-corrected chi connectivity index (χ1v) is 13.8. The third-order valence-electron chi connectivity index (χ3n) is 7.04. The average molecular weight is 635 g/mol. The number of nitrogens with zero attached hydrogens (tertiary/aromatic N) is 1. The van der Waals surface area contributed by atoms with Crippen molar-refractivity contribution in [2.45, 2.75) is 0 Å². The Morgan fingerprint density at radius 2 is 1.22 bits per heavy atom. The van der Waals surface area contributed by atoms with Crippen molar-refractivity contribution >= 4 is 55.3 Å². The predicted molar refractivity (Wildman–Crippen MR) is 190 cm³/mol. The Balaban J connectivity index is 1.32. The second-order valence-electron chi connectivity index (χ2n) is 9.75. The monoisotopic (exact) mass is 634 g/mol. The number of hydrogen-bond donors (Lipinski definition) is 0. The van der Waals surface area contributed by atoms with Crippen LogP contribution >= 0.6 is 11.6 Å². The van der Waals surface area contributed by atoms with E-state index in [0.29, 0.717) is 0 Å². The molecular weight excluding hydrogens is 586 g/mol. The first-order chi connectivity index (χ1) is 32.3. The van der Waals surface area contributed by atoms with E-state index in [1.807, 2.05) is 0 Å². The third-order valence-corrected chi connectivity index (χ3v) is 7.26. The SMILES string of the molecule is [2H]c1c([2H])c(Oc2cc(Cl)cc(-c3c([2H])c([2H])c4c(oc5c([2H])c([2H])c([2H])c([2H])c54)c3[2H])c2)c([2H])c(-c2c([2H])c([2H])c([2H])c([2H])c2-n2c3c([2H])c([2H])c([2H])c([2H])c3c3c([2H])c([2H])c([2H])c([2H])c32)c1[2H]. The van der Waals surface area contributed by atoms with Crippen LogP contribution in [0.2, 0.25) is 5.02 Å². The first-order valence-electron chi connectivity index (χ1n) is 24.9. The highest BCUT2D eigenvalue weighted by atomic mass is 35.5. The van der Waals surface area contributed by atoms with Gasteiger partial charge in [-0.25, -0.2) is 0 Å². The van der Waals surface area contributed by atoms with Crippen LogP contribution in [-0.4, -0.2) is 4.57 Å². The summed E-state index contributed by atoms with van der Waals surface area (Å²) in [5, 5.41) is -1.47. The maximum atomic E-state index is 9.46. The summed E-state index contributed by atoms with van der Waals surface area (Å²) in [7, 11) is 0. The zero-order chi connectivity index (χ0) is 50.6. The van der Waals surface area contributed by atoms with E-state index in [1.165, 1.54) is 18.2 Å². The van der Waals surface area contributed by atoms with Gasteiger partial charge >= 0.3 is 0 Å². The van der Waals surface area contributed by atoms with Gasteiger partial charge in [-0.1, -0.05) is 102 Å². The number of furan rings is 1. The molecule has 0 aliphatic heterocycles. The van der Waals surface area contributed by atoms with Crippen LogP contribution in [-0.2, 0) is 0 Å². The van der Waals surface area contributed by atoms with Gasteiger partial charge in [0.25, 0.3) is 0 Å². The molecule has 7 aromatic carbocycles. The van der Waals surface area contributed by atoms with E-state index in [9.17, 15) is 4.11 Å². The molecule has 0 radical (unpaired) electrons. The van der Waals surface area contributed by atoms with Crippen molar-refractivity contribution in [3.63, 3.8) is 0 Å². The van der Waals surface area contributed by atoms with Crippen molar-refractivity contribution in [1.82, 2.24) is 4.57 Å². The second kappa shape index (κ2) is 10.7. The molecule has 0 saturated heterocycles. The highest BCUT2D eigenvalue weighted by Gasteiger charge is 2.16. The second-order valence-corrected chi connectivity index (χ2v) is 10.2. The smallest absolute Gasteiger partial charge is 0.136 e. The van der Waals surface area contributed by atoms with Crippen LogP contribution in [0.15, 0.2) is 162 Å². The van der Waals surface area contributed by atoms with E-state index >= 15 is 0 Å². The quantitative estimate of drug-likeness (QED) is 0.188. The zero-order valence-electron chi connectivity index (χ0n) is 45.9. The van der Waals surface area contributed by atoms with Gasteiger partial charge in [-0.3, -0.25) is 0 Å². The Hall–Kier alpha value is -5.77. The normalized spacial score (nSPS) is 18.6. The highest BCUT2D eigenvalue weighted by molar-refractivity contribution is 6.31. The van der Waals surface area contributed by atoms with Crippen LogP contribution < -0.4 is 4.74 Å². The summed E-state index contributed by atoms with van der Waals surface area (Å²) >= 11 is 6.55. The van der Waals surface area contributed by atoms with Gasteiger partial charge in [-0.2, -0.15) is 0 Å². The van der Waals surface area contributed by atoms with Crippen LogP contribution in [0.4, 0.5) is 0 Å². The van der Waals surface area contributed by atoms with E-state index in [4.69, 9.17) is 48.2 Å². The Labute approximate surface area is 302 Å². The summed E-state index contributed by atoms with van der Waals surface area (Å²) in [5.41, 5.74) is -4.49. The molecule has 2 heterocycles. The topological polar surface area (TPSA) is 27.3 Å². The number of halogens is 1. The first kappa shape index (κ1) is 12.2. The molecule has 0 fully saturated rings. The van der Waals surface area contributed by atoms with Crippen molar-refractivity contribution < 1.29 is 40.7 Å². The van der Waals surface area contributed by atoms with Crippen LogP contribution in [0.1, 0.15) is 31.5 Å². The van der Waals surface area contributed by atoms with Gasteiger partial charge in [0, 0.05) is 32.1 Å². The molecule has 0 bridgehead atoms. The maximum absolute atomic E-state index is 9.46. The van der Waals surface area contributed by atoms with E-state index < -0.39 is 183 Å². The van der Waals surface area contributed by atoms with Crippen molar-refractivity contribution in [2.75, 3.05) is 0 Å². The number of benzene rings is 7. The van der Waals surface area contributed by atoms with E-state index in [-0.39, 0.29) is 43.8 Å². The van der Waals surface area contributed by atoms with Crippen molar-refractivity contribution in [2.24, 2.45) is 0 Å². The van der Waals surface area contributed by atoms with Gasteiger partial charge in [-0.15, -0.1) is 0 Å². The van der Waals surface area contributed by atoms with Crippen molar-refractivity contribution in [1.29, 1.82) is 0 Å². The van der Waals surface area contributed by atoms with E-state index in [1.54, 1.807) is 0 Å². The molecule has 0 unspecified atom stereocenters. The van der Waals surface area contributed by atoms with Gasteiger partial charge in [0.15, 0.2) is 0 Å². The number of hydrogen-bond acceptors (Lipinski definition) is 2. The highest BCUT2D eigenvalue weighted by Crippen LogP contribution is 2.39. The standard InChI is InChI=1S/C42H26ClNO2/c43-30-22-29(27-20-21-37-36-15-4-8-19-41(36)46-42(37)25-27)24-32(26-30)45-31-11-9-10-28(23-31)33-12-1-5-16-38(33)44-39-17-6-2-13-34(39)35-14-3-7-18-40(35)44/h1-26H/i1D,2D,3D,4D,5D,6D,7D,8D,9D,10D,11D,12D,13D,14D,15D,16D,17D,18D,19D,20D,21D,23D,25D. The summed E-state index contributed by atoms with van der Waals surface area (Å²) in [6.45, 7) is 0. The number of aromatic nitrogens is 1. The minimum absolute atomic E-state index is 0.0793. The molecule has 0 amide bonds. The fourth-order valence-corrected chi connectivity index (χ4v) is 5.35. The van der Waals surface area contributed by atoms with Gasteiger partial charge in [-0.05, 0) is 83.2 Å². The molecule has 0 aliphatic carbocycles. The summed E-state index contributed by atoms with van der Waals surface area (Å²) in [6, 6.07) is -14.5. The summed E-state index contributed by atoms with van der Waals surface area (Å²) in [5.74, 6) is -1.14. The summed E-state index contributed by atoms with van der Waals surface area (Å²) in [6.07, 6.45) is 0. The summed E-state index contributed by atoms with van der Waals surface area (Å²) < 4.78 is 214. The molecule has 9 aromatic rings. The lowest BCUT2D eigenvalue weighted by molar-refractivity contribution is 0.483. The minimum atomic E-state index is -0.969. The maximum Gasteiger partial charge on any atom is 0.136 e. The predicted octanol–water partition coefficient (Wildman–Crippen LogP) is 12.5. The molecule has 218 valence electrons. The molecule has 46 heavy (non-hydrogen) atoms. The molecule has 0 atom stereocenters. The fraction of sp³-hybridized carbons (Fsp3) is 0. The van der Waals surface area contributed by atoms with Gasteiger partial charge < -0.3 is 13.7 Å². The molecule has 3 nitrogen and oxygen atoms in total. The lowest BCUT2D eigenvalue weighted by Gasteiger charge is -2.15. The molecule has 9 rings (SSSR count). The third kappa shape index (κ3) is 4.44. The molecule has 0 spiro atoms. The lowest BCUT2D eigenvalue weighted by atomic mass is 10.0. The van der Waals surface area contributed by atoms with Crippen LogP contribution in [0.3, 0.4) is 0 Å². The van der Waals surface area contributed by atoms with Gasteiger partial charge in [0.2, 0.25) is 0 Å². The molecule has 4 heteroatoms. The average Bonchev–Trinajstić information content (AvgIpc) is 3.89. The molecule has 0 saturated carbocycles. The van der Waals surface area contributed by atoms with Crippen molar-refractivity contribution in [3.05, 3.63) is 162 Å². The van der Waals surface area contributed by atoms with Crippen LogP contribution in [0.25, 0.3) is 71.7 Å². The molecule has 0 aliphatic rings. The fourth-order valence-electron chi connectivity index (χ4n) is 5.13. The molecule has 2 aromatic heterocycles. The number of para-hydroxylation sites is 4. The minimum Gasteiger partial charge on any atom is -0.457 e. The Kier molecular flexibility index (Phi) is 2.84. The Morgan fingerprint density at radius 3 is 2.04 bits per heavy atom. The number of fused-ring (bicyclic) bond motifs is 6. The van der Waals surface area contributed by atoms with E-state index in [2.05, 4.69) is 0 Å². The summed E-state index contributed by atoms with van der Waals surface area (Å²) in [4.78, 5) is 0. The molecular formula is C42H26ClNO2. The van der Waals surface area contributed by atoms with Gasteiger partial charge in [0.05, 0.1) is 48.2 Å². The van der Waals surface area contributed by atoms with Crippen molar-refractivity contribution in [3.8, 4) is 39.4 Å². The number of ether oxygens (including phenoxy) is 1. The Morgan fingerprint density at radius 1 is 0.522 bits per heavy atom. The van der Waals surface area contributed by atoms with E-state index in [0.717, 1.165) is 4.57 Å². The molecule has 0 N–H and O–H groups in total. The number of rotatable bonds is 5. The zero-order valence-corrected chi connectivity index (χ0v) is 23.6.